The van der Waals surface area contributed by atoms with Crippen LogP contribution in [0.1, 0.15) is 241 Å². The van der Waals surface area contributed by atoms with Gasteiger partial charge in [-0.3, -0.25) is 0 Å². The third-order valence-electron chi connectivity index (χ3n) is 18.8. The molecule has 0 spiro atoms. The van der Waals surface area contributed by atoms with Crippen molar-refractivity contribution in [2.75, 3.05) is 39.6 Å². The number of phenols is 1. The van der Waals surface area contributed by atoms with E-state index in [4.69, 9.17) is 57.9 Å². The van der Waals surface area contributed by atoms with Crippen molar-refractivity contribution in [2.45, 2.75) is 168 Å². The van der Waals surface area contributed by atoms with E-state index in [-0.39, 0.29) is 63.8 Å². The third-order valence-corrected chi connectivity index (χ3v) is 18.8. The minimum Gasteiger partial charge on any atom is -0.508 e. The molecule has 0 aromatic heterocycles. The van der Waals surface area contributed by atoms with Crippen LogP contribution < -0.4 is 37.9 Å². The number of aromatic hydroxyl groups is 1. The van der Waals surface area contributed by atoms with Gasteiger partial charge in [-0.1, -0.05) is 178 Å². The molecule has 0 atom stereocenters. The number of rotatable bonds is 48. The lowest BCUT2D eigenvalue weighted by molar-refractivity contribution is 0.0492. The first kappa shape index (κ1) is 84.8. The molecule has 0 heterocycles. The first-order chi connectivity index (χ1) is 55.2. The zero-order valence-corrected chi connectivity index (χ0v) is 64.6. The van der Waals surface area contributed by atoms with Crippen LogP contribution in [0.3, 0.4) is 0 Å². The van der Waals surface area contributed by atoms with E-state index >= 15 is 0 Å². The van der Waals surface area contributed by atoms with E-state index in [1.54, 1.807) is 84.9 Å². The maximum atomic E-state index is 13.6. The summed E-state index contributed by atoms with van der Waals surface area (Å²) in [7, 11) is 0. The summed E-state index contributed by atoms with van der Waals surface area (Å²) in [6.45, 7) is 6.51. The fourth-order valence-electron chi connectivity index (χ4n) is 12.3. The van der Waals surface area contributed by atoms with Crippen LogP contribution in [0.5, 0.6) is 51.7 Å². The lowest BCUT2D eigenvalue weighted by Crippen LogP contribution is -2.12. The van der Waals surface area contributed by atoms with Crippen LogP contribution in [0.4, 0.5) is 0 Å². The number of hydrogen-bond donors (Lipinski definition) is 1. The second-order valence-corrected chi connectivity index (χ2v) is 27.6. The van der Waals surface area contributed by atoms with E-state index in [0.717, 1.165) is 164 Å². The average molecular weight is 1530 g/mol. The van der Waals surface area contributed by atoms with Crippen LogP contribution in [-0.4, -0.2) is 80.6 Å². The molecule has 0 amide bonds. The number of benzene rings is 9. The summed E-state index contributed by atoms with van der Waals surface area (Å²) in [5, 5.41) is 28.6. The van der Waals surface area contributed by atoms with Gasteiger partial charge in [0.05, 0.1) is 85.2 Å². The quantitative estimate of drug-likeness (QED) is 0.0211. The summed E-state index contributed by atoms with van der Waals surface area (Å²) in [6.07, 6.45) is 23.2. The van der Waals surface area contributed by atoms with Crippen LogP contribution in [0.2, 0.25) is 0 Å². The first-order valence-corrected chi connectivity index (χ1v) is 39.5. The van der Waals surface area contributed by atoms with Gasteiger partial charge in [0, 0.05) is 12.1 Å². The van der Waals surface area contributed by atoms with Crippen molar-refractivity contribution in [1.29, 1.82) is 10.5 Å². The molecule has 113 heavy (non-hydrogen) atoms. The number of nitriles is 2. The van der Waals surface area contributed by atoms with Crippen LogP contribution in [-0.2, 0) is 9.47 Å². The Balaban J connectivity index is 0.574. The lowest BCUT2D eigenvalue weighted by Gasteiger charge is -2.14. The van der Waals surface area contributed by atoms with Gasteiger partial charge in [0.15, 0.2) is 0 Å². The highest BCUT2D eigenvalue weighted by Crippen LogP contribution is 2.32. The van der Waals surface area contributed by atoms with E-state index in [1.165, 1.54) is 66.7 Å². The summed E-state index contributed by atoms with van der Waals surface area (Å²) in [5.74, 6) is -0.648. The second kappa shape index (κ2) is 47.1. The van der Waals surface area contributed by atoms with Crippen molar-refractivity contribution in [3.8, 4) is 86.1 Å². The van der Waals surface area contributed by atoms with Crippen molar-refractivity contribution in [2.24, 2.45) is 0 Å². The van der Waals surface area contributed by atoms with Gasteiger partial charge < -0.3 is 52.5 Å². The number of phenolic OH excluding ortho intramolecular Hbond substituents is 1. The lowest BCUT2D eigenvalue weighted by atomic mass is 10.0. The second-order valence-electron chi connectivity index (χ2n) is 27.6. The number of ether oxygens (including phenoxy) is 10. The highest BCUT2D eigenvalue weighted by molar-refractivity contribution is 5.97. The molecule has 0 saturated carbocycles. The van der Waals surface area contributed by atoms with Gasteiger partial charge in [0.25, 0.3) is 0 Å². The van der Waals surface area contributed by atoms with Gasteiger partial charge in [-0.05, 0) is 200 Å². The SMILES string of the molecule is CCCCOc1ccc(C(=O)Oc2ccc(C(=O)Oc3ccc(-c4ccc(C#N)cc4)cc3)cc2)c(OCCCCCCCCCCCCOC(=O)c2cc(O)cc(C(=O)OCCCCCCCCCCCCOc3cc(OCCCC)ccc3C(=O)Oc3ccc(C(=O)Oc4ccc(-c5ccc(C#N)cc5)cc4)cc3)c2)c1. The molecule has 0 aliphatic heterocycles. The maximum Gasteiger partial charge on any atom is 0.347 e. The molecule has 19 nitrogen and oxygen atoms in total. The van der Waals surface area contributed by atoms with Gasteiger partial charge in [-0.2, -0.15) is 10.5 Å². The van der Waals surface area contributed by atoms with Crippen molar-refractivity contribution < 1.29 is 81.2 Å². The minimum absolute atomic E-state index is 0.0868. The van der Waals surface area contributed by atoms with E-state index < -0.39 is 35.8 Å². The Labute approximate surface area is 662 Å². The van der Waals surface area contributed by atoms with Gasteiger partial charge in [-0.25, -0.2) is 28.8 Å². The average Bonchev–Trinajstić information content (AvgIpc) is 0.843. The molecule has 0 bridgehead atoms. The normalized spacial score (nSPS) is 10.8. The molecule has 0 fully saturated rings. The Kier molecular flexibility index (Phi) is 35.3. The summed E-state index contributed by atoms with van der Waals surface area (Å²) < 4.78 is 58.0. The number of esters is 6. The Morgan fingerprint density at radius 2 is 0.549 bits per heavy atom. The largest absolute Gasteiger partial charge is 0.508 e. The predicted molar refractivity (Wildman–Crippen MR) is 432 cm³/mol. The number of nitrogens with zero attached hydrogens (tertiary/aromatic N) is 2. The number of hydrogen-bond acceptors (Lipinski definition) is 19. The Hall–Kier alpha value is -12.2. The number of unbranched alkanes of at least 4 members (excludes halogenated alkanes) is 20. The summed E-state index contributed by atoms with van der Waals surface area (Å²) in [5.41, 5.74) is 6.05. The van der Waals surface area contributed by atoms with E-state index in [2.05, 4.69) is 26.0 Å². The zero-order valence-electron chi connectivity index (χ0n) is 64.6. The molecule has 0 aliphatic rings. The highest BCUT2D eigenvalue weighted by atomic mass is 16.6. The van der Waals surface area contributed by atoms with Crippen LogP contribution >= 0.6 is 0 Å². The molecular weight excluding hydrogens is 1430 g/mol. The molecule has 0 aliphatic carbocycles. The molecule has 0 unspecified atom stereocenters. The fraction of sp³-hybridized carbons (Fsp3) is 0.340. The van der Waals surface area contributed by atoms with Crippen molar-refractivity contribution >= 4 is 35.8 Å². The van der Waals surface area contributed by atoms with Gasteiger partial charge in [-0.15, -0.1) is 0 Å². The number of carbonyl (C=O) groups is 6. The topological polar surface area (TPSA) is 263 Å². The molecule has 1 N–H and O–H groups in total. The van der Waals surface area contributed by atoms with Crippen LogP contribution in [0, 0.1) is 22.7 Å². The minimum atomic E-state index is -0.612. The highest BCUT2D eigenvalue weighted by Gasteiger charge is 2.22. The zero-order chi connectivity index (χ0) is 79.6. The van der Waals surface area contributed by atoms with Gasteiger partial charge in [0.2, 0.25) is 0 Å². The molecule has 0 radical (unpaired) electrons. The smallest absolute Gasteiger partial charge is 0.347 e. The maximum absolute atomic E-state index is 13.6. The molecule has 19 heteroatoms. The Morgan fingerprint density at radius 1 is 0.274 bits per heavy atom. The van der Waals surface area contributed by atoms with Crippen LogP contribution in [0.15, 0.2) is 200 Å². The molecule has 9 aromatic rings. The van der Waals surface area contributed by atoms with E-state index in [0.29, 0.717) is 84.9 Å². The fourth-order valence-corrected chi connectivity index (χ4v) is 12.3. The summed E-state index contributed by atoms with van der Waals surface area (Å²) >= 11 is 0. The van der Waals surface area contributed by atoms with Crippen molar-refractivity contribution in [3.63, 3.8) is 0 Å². The standard InChI is InChI=1S/C94H100N2O17/c1-3-5-55-104-83-51-53-85(93(102)112-81-47-39-74(40-48-81)91(100)110-79-43-35-72(36-44-79)70-31-27-68(66-95)28-32-70)87(64-83)106-57-23-19-15-11-7-9-13-17-21-25-59-108-89(98)76-61-77(63-78(97)62-76)90(99)109-60-26-22-18-14-10-8-12-16-20-24-58-107-88-65-84(105-56-6-4-2)52-54-86(88)94(103)113-82-49-41-75(42-50-82)92(101)111-80-45-37-73(38-46-80)71-33-29-69(67-96)30-34-71/h27-54,61-65,97H,3-26,55-60H2,1-2H3. The van der Waals surface area contributed by atoms with Gasteiger partial charge in [0.1, 0.15) is 62.9 Å². The molecule has 0 saturated heterocycles. The number of carbonyl (C=O) groups excluding carboxylic acids is 6. The molecular formula is C94H100N2O17. The van der Waals surface area contributed by atoms with Crippen LogP contribution in [0.25, 0.3) is 22.3 Å². The molecule has 9 aromatic carbocycles. The third kappa shape index (κ3) is 28.9. The van der Waals surface area contributed by atoms with Crippen molar-refractivity contribution in [3.05, 3.63) is 245 Å². The molecule has 588 valence electrons. The first-order valence-electron chi connectivity index (χ1n) is 39.5. The Bertz CT molecular complexity index is 4300. The Morgan fingerprint density at radius 3 is 0.867 bits per heavy atom. The van der Waals surface area contributed by atoms with Crippen molar-refractivity contribution in [1.82, 2.24) is 0 Å². The van der Waals surface area contributed by atoms with E-state index in [1.807, 2.05) is 48.5 Å². The predicted octanol–water partition coefficient (Wildman–Crippen LogP) is 22.0. The van der Waals surface area contributed by atoms with Gasteiger partial charge >= 0.3 is 35.8 Å². The van der Waals surface area contributed by atoms with E-state index in [9.17, 15) is 33.9 Å². The summed E-state index contributed by atoms with van der Waals surface area (Å²) in [6, 6.07) is 59.3. The summed E-state index contributed by atoms with van der Waals surface area (Å²) in [4.78, 5) is 79.1. The molecule has 9 rings (SSSR count). The monoisotopic (exact) mass is 1530 g/mol.